The molecule has 0 fully saturated rings. The van der Waals surface area contributed by atoms with Gasteiger partial charge in [0.1, 0.15) is 5.75 Å². The van der Waals surface area contributed by atoms with Gasteiger partial charge in [-0.25, -0.2) is 0 Å². The first-order valence-electron chi connectivity index (χ1n) is 7.23. The van der Waals surface area contributed by atoms with Crippen LogP contribution in [0.4, 0.5) is 0 Å². The average molecular weight is 248 g/mol. The van der Waals surface area contributed by atoms with Crippen LogP contribution in [0.2, 0.25) is 0 Å². The molecule has 1 aromatic rings. The monoisotopic (exact) mass is 248 g/mol. The van der Waals surface area contributed by atoms with Crippen molar-refractivity contribution in [1.29, 1.82) is 0 Å². The molecule has 0 aliphatic rings. The molecule has 18 heavy (non-hydrogen) atoms. The van der Waals surface area contributed by atoms with Crippen LogP contribution in [0, 0.1) is 25.7 Å². The van der Waals surface area contributed by atoms with Crippen molar-refractivity contribution in [3.63, 3.8) is 0 Å². The molecule has 1 heteroatoms. The number of phenolic OH excluding ortho intramolecular Hbond substituents is 1. The third kappa shape index (κ3) is 4.36. The van der Waals surface area contributed by atoms with Gasteiger partial charge in [-0.2, -0.15) is 0 Å². The first-order chi connectivity index (χ1) is 8.43. The lowest BCUT2D eigenvalue weighted by molar-refractivity contribution is 0.420. The topological polar surface area (TPSA) is 20.2 Å². The Hall–Kier alpha value is -0.980. The molecule has 0 bridgehead atoms. The number of aromatic hydroxyl groups is 1. The van der Waals surface area contributed by atoms with Gasteiger partial charge < -0.3 is 5.11 Å². The van der Waals surface area contributed by atoms with Crippen molar-refractivity contribution < 1.29 is 5.11 Å². The van der Waals surface area contributed by atoms with E-state index in [1.807, 2.05) is 13.8 Å². The Balaban J connectivity index is 2.57. The summed E-state index contributed by atoms with van der Waals surface area (Å²) in [6.07, 6.45) is 5.03. The van der Waals surface area contributed by atoms with E-state index in [2.05, 4.69) is 32.9 Å². The van der Waals surface area contributed by atoms with Crippen LogP contribution >= 0.6 is 0 Å². The van der Waals surface area contributed by atoms with Crippen molar-refractivity contribution in [2.24, 2.45) is 11.8 Å². The lowest BCUT2D eigenvalue weighted by Gasteiger charge is -2.15. The van der Waals surface area contributed by atoms with Crippen LogP contribution in [0.5, 0.6) is 5.75 Å². The van der Waals surface area contributed by atoms with Gasteiger partial charge in [-0.15, -0.1) is 0 Å². The number of benzene rings is 1. The number of aryl methyl sites for hydroxylation is 2. The van der Waals surface area contributed by atoms with E-state index in [1.54, 1.807) is 0 Å². The van der Waals surface area contributed by atoms with Crippen LogP contribution in [0.15, 0.2) is 12.1 Å². The van der Waals surface area contributed by atoms with Gasteiger partial charge in [-0.1, -0.05) is 52.2 Å². The summed E-state index contributed by atoms with van der Waals surface area (Å²) in [4.78, 5) is 0. The summed E-state index contributed by atoms with van der Waals surface area (Å²) in [7, 11) is 0. The molecule has 0 radical (unpaired) electrons. The van der Waals surface area contributed by atoms with Gasteiger partial charge in [0.2, 0.25) is 0 Å². The third-order valence-corrected chi connectivity index (χ3v) is 3.98. The molecule has 2 atom stereocenters. The number of hydrogen-bond donors (Lipinski definition) is 1. The minimum atomic E-state index is 0.450. The number of phenols is 1. The maximum Gasteiger partial charge on any atom is 0.121 e. The molecule has 0 saturated heterocycles. The van der Waals surface area contributed by atoms with Gasteiger partial charge in [0, 0.05) is 0 Å². The molecule has 0 aliphatic heterocycles. The van der Waals surface area contributed by atoms with Crippen molar-refractivity contribution >= 4 is 0 Å². The summed E-state index contributed by atoms with van der Waals surface area (Å²) >= 11 is 0. The molecule has 0 spiro atoms. The highest BCUT2D eigenvalue weighted by molar-refractivity contribution is 5.42. The summed E-state index contributed by atoms with van der Waals surface area (Å²) in [6.45, 7) is 10.9. The molecular formula is C17H28O. The second kappa shape index (κ2) is 6.82. The number of hydrogen-bond acceptors (Lipinski definition) is 1. The summed E-state index contributed by atoms with van der Waals surface area (Å²) < 4.78 is 0. The van der Waals surface area contributed by atoms with E-state index in [-0.39, 0.29) is 0 Å². The van der Waals surface area contributed by atoms with Crippen LogP contribution < -0.4 is 0 Å². The normalized spacial score (nSPS) is 14.5. The molecule has 1 nitrogen and oxygen atoms in total. The van der Waals surface area contributed by atoms with Crippen LogP contribution in [-0.4, -0.2) is 5.11 Å². The van der Waals surface area contributed by atoms with Crippen molar-refractivity contribution in [1.82, 2.24) is 0 Å². The zero-order valence-electron chi connectivity index (χ0n) is 12.6. The molecule has 2 unspecified atom stereocenters. The predicted molar refractivity (Wildman–Crippen MR) is 79.1 cm³/mol. The average Bonchev–Trinajstić information content (AvgIpc) is 2.32. The fraction of sp³-hybridized carbons (Fsp3) is 0.647. The molecule has 102 valence electrons. The molecule has 0 aromatic heterocycles. The van der Waals surface area contributed by atoms with E-state index in [9.17, 15) is 5.11 Å². The minimum Gasteiger partial charge on any atom is -0.507 e. The molecular weight excluding hydrogens is 220 g/mol. The molecule has 0 heterocycles. The Bertz CT molecular complexity index is 358. The van der Waals surface area contributed by atoms with Gasteiger partial charge in [-0.05, 0) is 48.8 Å². The van der Waals surface area contributed by atoms with E-state index >= 15 is 0 Å². The SMILES string of the molecule is CCC(C)CCC(C)Cc1cc(C)c(O)c(C)c1. The summed E-state index contributed by atoms with van der Waals surface area (Å²) in [5.41, 5.74) is 3.36. The largest absolute Gasteiger partial charge is 0.507 e. The van der Waals surface area contributed by atoms with E-state index in [0.29, 0.717) is 5.75 Å². The first kappa shape index (κ1) is 15.1. The van der Waals surface area contributed by atoms with Crippen LogP contribution in [0.3, 0.4) is 0 Å². The fourth-order valence-corrected chi connectivity index (χ4v) is 2.44. The summed E-state index contributed by atoms with van der Waals surface area (Å²) in [6, 6.07) is 4.25. The predicted octanol–water partition coefficient (Wildman–Crippen LogP) is 5.01. The maximum absolute atomic E-state index is 9.77. The molecule has 1 rings (SSSR count). The number of rotatable bonds is 6. The highest BCUT2D eigenvalue weighted by Crippen LogP contribution is 2.25. The Kier molecular flexibility index (Phi) is 5.71. The van der Waals surface area contributed by atoms with Gasteiger partial charge >= 0.3 is 0 Å². The van der Waals surface area contributed by atoms with Crippen LogP contribution in [0.1, 0.15) is 56.7 Å². The maximum atomic E-state index is 9.77. The first-order valence-corrected chi connectivity index (χ1v) is 7.23. The van der Waals surface area contributed by atoms with Gasteiger partial charge in [0.25, 0.3) is 0 Å². The quantitative estimate of drug-likeness (QED) is 0.750. The molecule has 0 saturated carbocycles. The van der Waals surface area contributed by atoms with Crippen molar-refractivity contribution in [3.8, 4) is 5.75 Å². The lowest BCUT2D eigenvalue weighted by atomic mass is 9.91. The van der Waals surface area contributed by atoms with Crippen molar-refractivity contribution in [3.05, 3.63) is 28.8 Å². The second-order valence-electron chi connectivity index (χ2n) is 5.98. The Morgan fingerprint density at radius 1 is 1.00 bits per heavy atom. The standard InChI is InChI=1S/C17H28O/c1-6-12(2)7-8-13(3)9-16-10-14(4)17(18)15(5)11-16/h10-13,18H,6-9H2,1-5H3. The highest BCUT2D eigenvalue weighted by Gasteiger charge is 2.09. The van der Waals surface area contributed by atoms with Gasteiger partial charge in [0.05, 0.1) is 0 Å². The zero-order chi connectivity index (χ0) is 13.7. The summed E-state index contributed by atoms with van der Waals surface area (Å²) in [5, 5.41) is 9.77. The Morgan fingerprint density at radius 3 is 2.00 bits per heavy atom. The zero-order valence-corrected chi connectivity index (χ0v) is 12.6. The van der Waals surface area contributed by atoms with E-state index in [4.69, 9.17) is 0 Å². The van der Waals surface area contributed by atoms with Crippen molar-refractivity contribution in [2.75, 3.05) is 0 Å². The molecule has 1 aromatic carbocycles. The molecule has 1 N–H and O–H groups in total. The second-order valence-corrected chi connectivity index (χ2v) is 5.98. The minimum absolute atomic E-state index is 0.450. The lowest BCUT2D eigenvalue weighted by Crippen LogP contribution is -2.03. The van der Waals surface area contributed by atoms with E-state index < -0.39 is 0 Å². The van der Waals surface area contributed by atoms with Gasteiger partial charge in [0.15, 0.2) is 0 Å². The van der Waals surface area contributed by atoms with Gasteiger partial charge in [-0.3, -0.25) is 0 Å². The van der Waals surface area contributed by atoms with Crippen LogP contribution in [0.25, 0.3) is 0 Å². The highest BCUT2D eigenvalue weighted by atomic mass is 16.3. The smallest absolute Gasteiger partial charge is 0.121 e. The van der Waals surface area contributed by atoms with E-state index in [0.717, 1.165) is 29.4 Å². The summed E-state index contributed by atoms with van der Waals surface area (Å²) in [5.74, 6) is 2.02. The Morgan fingerprint density at radius 2 is 1.50 bits per heavy atom. The fourth-order valence-electron chi connectivity index (χ4n) is 2.44. The molecule has 0 amide bonds. The Labute approximate surface area is 112 Å². The third-order valence-electron chi connectivity index (χ3n) is 3.98. The van der Waals surface area contributed by atoms with Crippen molar-refractivity contribution in [2.45, 2.75) is 60.3 Å². The van der Waals surface area contributed by atoms with Crippen LogP contribution in [-0.2, 0) is 6.42 Å². The van der Waals surface area contributed by atoms with E-state index in [1.165, 1.54) is 24.8 Å². The molecule has 0 aliphatic carbocycles.